The van der Waals surface area contributed by atoms with Gasteiger partial charge in [-0.05, 0) is 90.0 Å². The van der Waals surface area contributed by atoms with Crippen LogP contribution in [0.4, 0.5) is 5.69 Å². The van der Waals surface area contributed by atoms with E-state index in [-0.39, 0.29) is 28.2 Å². The van der Waals surface area contributed by atoms with Crippen LogP contribution in [0.5, 0.6) is 0 Å². The average molecular weight is 473 g/mol. The summed E-state index contributed by atoms with van der Waals surface area (Å²) in [7, 11) is 1.97. The Kier molecular flexibility index (Phi) is 8.29. The fourth-order valence-corrected chi connectivity index (χ4v) is 5.74. The zero-order valence-electron chi connectivity index (χ0n) is 21.1. The maximum Gasteiger partial charge on any atom is 0.348 e. The van der Waals surface area contributed by atoms with Gasteiger partial charge in [0.05, 0.1) is 10.6 Å². The molecule has 0 saturated heterocycles. The van der Waals surface area contributed by atoms with Crippen LogP contribution in [0.3, 0.4) is 0 Å². The molecule has 6 heteroatoms. The van der Waals surface area contributed by atoms with Gasteiger partial charge in [-0.25, -0.2) is 14.8 Å². The van der Waals surface area contributed by atoms with Gasteiger partial charge >= 0.3 is 5.97 Å². The number of thiophene rings is 1. The normalized spacial score (nSPS) is 25.9. The summed E-state index contributed by atoms with van der Waals surface area (Å²) >= 11 is 1.17. The van der Waals surface area contributed by atoms with Gasteiger partial charge in [0, 0.05) is 24.4 Å². The summed E-state index contributed by atoms with van der Waals surface area (Å²) in [6, 6.07) is 2.05. The van der Waals surface area contributed by atoms with Crippen molar-refractivity contribution in [2.75, 3.05) is 12.1 Å². The molecule has 1 aromatic rings. The fraction of sp³-hybridized carbons (Fsp3) is 0.704. The van der Waals surface area contributed by atoms with Crippen LogP contribution in [0, 0.1) is 35.0 Å². The predicted molar refractivity (Wildman–Crippen MR) is 135 cm³/mol. The Morgan fingerprint density at radius 2 is 1.55 bits per heavy atom. The minimum absolute atomic E-state index is 0.0404. The molecular formula is C27H40N2O3S. The molecule has 1 amide bonds. The van der Waals surface area contributed by atoms with Gasteiger partial charge in [-0.1, -0.05) is 25.7 Å². The van der Waals surface area contributed by atoms with Crippen molar-refractivity contribution in [3.8, 4) is 11.8 Å². The van der Waals surface area contributed by atoms with Gasteiger partial charge in [0.25, 0.3) is 0 Å². The number of carbonyl (C=O) groups excluding carboxylic acids is 1. The van der Waals surface area contributed by atoms with Crippen molar-refractivity contribution in [3.05, 3.63) is 15.8 Å². The Hall–Kier alpha value is -1.84. The second kappa shape index (κ2) is 10.6. The predicted octanol–water partition coefficient (Wildman–Crippen LogP) is 6.43. The topological polar surface area (TPSA) is 60.9 Å². The molecule has 0 unspecified atom stereocenters. The molecule has 3 rings (SSSR count). The summed E-state index contributed by atoms with van der Waals surface area (Å²) in [5.74, 6) is 6.69. The maximum atomic E-state index is 13.9. The zero-order chi connectivity index (χ0) is 24.3. The third-order valence-electron chi connectivity index (χ3n) is 7.10. The number of carboxylic acids is 1. The van der Waals surface area contributed by atoms with Crippen LogP contribution in [-0.2, 0) is 4.79 Å². The Bertz CT molecular complexity index is 904. The zero-order valence-corrected chi connectivity index (χ0v) is 21.9. The van der Waals surface area contributed by atoms with E-state index < -0.39 is 5.97 Å². The van der Waals surface area contributed by atoms with E-state index in [1.807, 2.05) is 38.9 Å². The number of hydrazine groups is 1. The molecule has 0 bridgehead atoms. The molecule has 0 radical (unpaired) electrons. The van der Waals surface area contributed by atoms with Crippen LogP contribution >= 0.6 is 11.3 Å². The van der Waals surface area contributed by atoms with E-state index in [1.54, 1.807) is 5.01 Å². The van der Waals surface area contributed by atoms with Gasteiger partial charge in [0.2, 0.25) is 5.91 Å². The first-order valence-electron chi connectivity index (χ1n) is 12.4. The third kappa shape index (κ3) is 6.61. The number of aromatic carboxylic acids is 1. The quantitative estimate of drug-likeness (QED) is 0.396. The van der Waals surface area contributed by atoms with Crippen LogP contribution < -0.4 is 5.01 Å². The molecule has 2 fully saturated rings. The number of rotatable bonds is 5. The van der Waals surface area contributed by atoms with E-state index in [9.17, 15) is 14.7 Å². The van der Waals surface area contributed by atoms with E-state index in [0.717, 1.165) is 51.4 Å². The highest BCUT2D eigenvalue weighted by molar-refractivity contribution is 7.15. The highest BCUT2D eigenvalue weighted by Crippen LogP contribution is 2.38. The lowest BCUT2D eigenvalue weighted by Gasteiger charge is -2.42. The van der Waals surface area contributed by atoms with Crippen LogP contribution in [0.25, 0.3) is 0 Å². The van der Waals surface area contributed by atoms with Crippen LogP contribution in [-0.4, -0.2) is 35.1 Å². The summed E-state index contributed by atoms with van der Waals surface area (Å²) < 4.78 is 0. The number of anilines is 1. The molecule has 33 heavy (non-hydrogen) atoms. The fourth-order valence-electron chi connectivity index (χ4n) is 4.91. The highest BCUT2D eigenvalue weighted by atomic mass is 32.1. The Morgan fingerprint density at radius 3 is 2.06 bits per heavy atom. The smallest absolute Gasteiger partial charge is 0.348 e. The Labute approximate surface area is 203 Å². The molecule has 1 N–H and O–H groups in total. The van der Waals surface area contributed by atoms with Crippen molar-refractivity contribution in [2.45, 2.75) is 92.0 Å². The second-order valence-corrected chi connectivity index (χ2v) is 12.3. The van der Waals surface area contributed by atoms with E-state index in [4.69, 9.17) is 0 Å². The number of nitrogens with zero attached hydrogens (tertiary/aromatic N) is 2. The largest absolute Gasteiger partial charge is 0.477 e. The van der Waals surface area contributed by atoms with Gasteiger partial charge in [0.1, 0.15) is 4.88 Å². The SMILES string of the molecule is CC1CCC(C(=O)N(c2cc(C#CC(C)(C)C)sc2C(=O)O)N(C)[C@H]2CC[C@H](C)CC2)CC1. The minimum atomic E-state index is -1.00. The molecule has 5 nitrogen and oxygen atoms in total. The molecule has 2 aliphatic carbocycles. The van der Waals surface area contributed by atoms with Crippen molar-refractivity contribution in [1.29, 1.82) is 0 Å². The molecule has 1 heterocycles. The van der Waals surface area contributed by atoms with Gasteiger partial charge in [-0.3, -0.25) is 4.79 Å². The Balaban J connectivity index is 2.00. The first-order chi connectivity index (χ1) is 15.5. The minimum Gasteiger partial charge on any atom is -0.477 e. The number of hydrogen-bond donors (Lipinski definition) is 1. The number of hydrogen-bond acceptors (Lipinski definition) is 4. The van der Waals surface area contributed by atoms with Crippen LogP contribution in [0.2, 0.25) is 0 Å². The van der Waals surface area contributed by atoms with E-state index in [1.165, 1.54) is 11.3 Å². The summed E-state index contributed by atoms with van der Waals surface area (Å²) in [5.41, 5.74) is 0.299. The average Bonchev–Trinajstić information content (AvgIpc) is 3.17. The molecule has 2 saturated carbocycles. The lowest BCUT2D eigenvalue weighted by molar-refractivity contribution is -0.127. The number of carbonyl (C=O) groups is 2. The Morgan fingerprint density at radius 1 is 1.00 bits per heavy atom. The number of amides is 1. The molecule has 0 spiro atoms. The summed E-state index contributed by atoms with van der Waals surface area (Å²) in [4.78, 5) is 27.0. The first kappa shape index (κ1) is 25.8. The molecule has 1 aromatic heterocycles. The van der Waals surface area contributed by atoms with Crippen LogP contribution in [0.15, 0.2) is 6.07 Å². The molecule has 2 aliphatic rings. The summed E-state index contributed by atoms with van der Waals surface area (Å²) in [5, 5.41) is 13.8. The molecule has 182 valence electrons. The number of carboxylic acid groups (broad SMARTS) is 1. The third-order valence-corrected chi connectivity index (χ3v) is 8.13. The van der Waals surface area contributed by atoms with E-state index in [2.05, 4.69) is 25.7 Å². The van der Waals surface area contributed by atoms with Crippen molar-refractivity contribution < 1.29 is 14.7 Å². The summed E-state index contributed by atoms with van der Waals surface area (Å²) in [6.45, 7) is 10.6. The van der Waals surface area contributed by atoms with Gasteiger partial charge in [0.15, 0.2) is 0 Å². The standard InChI is InChI=1S/C27H40N2O3S/c1-18-7-11-20(12-8-18)25(30)29(28(6)21-13-9-19(2)10-14-21)23-17-22(15-16-27(3,4)5)33-24(23)26(31)32/h17-21H,7-14H2,1-6H3,(H,31,32)/t18?,19-,20?,21-. The van der Waals surface area contributed by atoms with E-state index >= 15 is 0 Å². The van der Waals surface area contributed by atoms with Crippen LogP contribution in [0.1, 0.15) is 101 Å². The maximum absolute atomic E-state index is 13.9. The highest BCUT2D eigenvalue weighted by Gasteiger charge is 2.37. The molecule has 0 aromatic carbocycles. The van der Waals surface area contributed by atoms with Gasteiger partial charge in [-0.2, -0.15) is 0 Å². The lowest BCUT2D eigenvalue weighted by Crippen LogP contribution is -2.53. The van der Waals surface area contributed by atoms with Crippen molar-refractivity contribution in [1.82, 2.24) is 5.01 Å². The molecule has 0 atom stereocenters. The van der Waals surface area contributed by atoms with Crippen molar-refractivity contribution >= 4 is 28.9 Å². The van der Waals surface area contributed by atoms with Crippen molar-refractivity contribution in [2.24, 2.45) is 23.2 Å². The van der Waals surface area contributed by atoms with Gasteiger partial charge < -0.3 is 5.11 Å². The molecule has 0 aliphatic heterocycles. The lowest BCUT2D eigenvalue weighted by atomic mass is 9.82. The summed E-state index contributed by atoms with van der Waals surface area (Å²) in [6.07, 6.45) is 8.15. The van der Waals surface area contributed by atoms with Crippen molar-refractivity contribution in [3.63, 3.8) is 0 Å². The monoisotopic (exact) mass is 472 g/mol. The second-order valence-electron chi connectivity index (χ2n) is 11.2. The van der Waals surface area contributed by atoms with Gasteiger partial charge in [-0.15, -0.1) is 11.3 Å². The first-order valence-corrected chi connectivity index (χ1v) is 13.2. The molecular weight excluding hydrogens is 432 g/mol. The van der Waals surface area contributed by atoms with E-state index in [0.29, 0.717) is 22.4 Å².